The third-order valence-electron chi connectivity index (χ3n) is 2.47. The van der Waals surface area contributed by atoms with Crippen LogP contribution in [0.4, 0.5) is 0 Å². The van der Waals surface area contributed by atoms with E-state index in [-0.39, 0.29) is 0 Å². The lowest BCUT2D eigenvalue weighted by molar-refractivity contribution is 0.378. The maximum Gasteiger partial charge on any atom is 0.268 e. The Morgan fingerprint density at radius 3 is 2.65 bits per heavy atom. The molecular formula is C12H12N4O2S2. The van der Waals surface area contributed by atoms with Crippen LogP contribution in [0.2, 0.25) is 0 Å². The van der Waals surface area contributed by atoms with E-state index < -0.39 is 0 Å². The SMILES string of the molecule is CCc1nc(CSCc2noc(-c3cccs3)n2)no1. The summed E-state index contributed by atoms with van der Waals surface area (Å²) in [6.07, 6.45) is 0.757. The van der Waals surface area contributed by atoms with Crippen molar-refractivity contribution in [2.45, 2.75) is 24.9 Å². The highest BCUT2D eigenvalue weighted by molar-refractivity contribution is 7.97. The van der Waals surface area contributed by atoms with Gasteiger partial charge in [0.2, 0.25) is 5.89 Å². The smallest absolute Gasteiger partial charge is 0.268 e. The Hall–Kier alpha value is -1.67. The Bertz CT molecular complexity index is 663. The average molecular weight is 308 g/mol. The highest BCUT2D eigenvalue weighted by atomic mass is 32.2. The number of aromatic nitrogens is 4. The van der Waals surface area contributed by atoms with Gasteiger partial charge in [0.15, 0.2) is 11.6 Å². The van der Waals surface area contributed by atoms with Crippen LogP contribution in [0, 0.1) is 0 Å². The van der Waals surface area contributed by atoms with Gasteiger partial charge in [-0.25, -0.2) is 0 Å². The van der Waals surface area contributed by atoms with E-state index in [2.05, 4.69) is 20.3 Å². The third-order valence-corrected chi connectivity index (χ3v) is 4.26. The monoisotopic (exact) mass is 308 g/mol. The van der Waals surface area contributed by atoms with Crippen molar-refractivity contribution in [3.63, 3.8) is 0 Å². The van der Waals surface area contributed by atoms with Crippen LogP contribution in [-0.4, -0.2) is 20.3 Å². The van der Waals surface area contributed by atoms with Crippen molar-refractivity contribution in [1.29, 1.82) is 0 Å². The first-order valence-corrected chi connectivity index (χ1v) is 8.14. The molecule has 0 radical (unpaired) electrons. The Morgan fingerprint density at radius 2 is 1.95 bits per heavy atom. The molecule has 0 aliphatic rings. The Labute approximate surface area is 123 Å². The van der Waals surface area contributed by atoms with Crippen LogP contribution >= 0.6 is 23.1 Å². The summed E-state index contributed by atoms with van der Waals surface area (Å²) in [5.74, 6) is 3.95. The van der Waals surface area contributed by atoms with Gasteiger partial charge in [-0.3, -0.25) is 0 Å². The zero-order valence-electron chi connectivity index (χ0n) is 10.8. The fourth-order valence-electron chi connectivity index (χ4n) is 1.54. The van der Waals surface area contributed by atoms with Crippen LogP contribution in [0.3, 0.4) is 0 Å². The summed E-state index contributed by atoms with van der Waals surface area (Å²) >= 11 is 3.21. The summed E-state index contributed by atoms with van der Waals surface area (Å²) in [6, 6.07) is 3.92. The third kappa shape index (κ3) is 3.07. The molecule has 0 spiro atoms. The van der Waals surface area contributed by atoms with Gasteiger partial charge >= 0.3 is 0 Å². The summed E-state index contributed by atoms with van der Waals surface area (Å²) in [4.78, 5) is 9.58. The molecule has 0 bridgehead atoms. The van der Waals surface area contributed by atoms with E-state index in [1.54, 1.807) is 23.1 Å². The lowest BCUT2D eigenvalue weighted by Crippen LogP contribution is -1.88. The molecule has 3 rings (SSSR count). The van der Waals surface area contributed by atoms with Crippen LogP contribution in [0.1, 0.15) is 24.5 Å². The molecule has 0 N–H and O–H groups in total. The highest BCUT2D eigenvalue weighted by Gasteiger charge is 2.10. The summed E-state index contributed by atoms with van der Waals surface area (Å²) in [6.45, 7) is 1.98. The van der Waals surface area contributed by atoms with Gasteiger partial charge in [0.1, 0.15) is 0 Å². The summed E-state index contributed by atoms with van der Waals surface area (Å²) < 4.78 is 10.3. The van der Waals surface area contributed by atoms with Gasteiger partial charge in [-0.05, 0) is 11.4 Å². The van der Waals surface area contributed by atoms with Crippen molar-refractivity contribution in [3.05, 3.63) is 35.1 Å². The number of rotatable bonds is 6. The molecule has 3 heterocycles. The van der Waals surface area contributed by atoms with Crippen molar-refractivity contribution < 1.29 is 9.05 Å². The average Bonchev–Trinajstić information content (AvgIpc) is 3.20. The number of thioether (sulfide) groups is 1. The van der Waals surface area contributed by atoms with E-state index in [9.17, 15) is 0 Å². The normalized spacial score (nSPS) is 11.1. The van der Waals surface area contributed by atoms with Crippen molar-refractivity contribution in [2.24, 2.45) is 0 Å². The van der Waals surface area contributed by atoms with Crippen LogP contribution < -0.4 is 0 Å². The van der Waals surface area contributed by atoms with Crippen LogP contribution in [-0.2, 0) is 17.9 Å². The molecule has 0 saturated heterocycles. The highest BCUT2D eigenvalue weighted by Crippen LogP contribution is 2.23. The number of hydrogen-bond donors (Lipinski definition) is 0. The molecule has 6 nitrogen and oxygen atoms in total. The summed E-state index contributed by atoms with van der Waals surface area (Å²) in [7, 11) is 0. The fourth-order valence-corrected chi connectivity index (χ4v) is 2.89. The topological polar surface area (TPSA) is 77.8 Å². The van der Waals surface area contributed by atoms with Crippen LogP contribution in [0.25, 0.3) is 10.8 Å². The predicted octanol–water partition coefficient (Wildman–Crippen LogP) is 3.18. The summed E-state index contributed by atoms with van der Waals surface area (Å²) in [5, 5.41) is 9.84. The predicted molar refractivity (Wildman–Crippen MR) is 76.3 cm³/mol. The number of thiophene rings is 1. The number of aryl methyl sites for hydroxylation is 1. The van der Waals surface area contributed by atoms with Gasteiger partial charge in [-0.2, -0.15) is 9.97 Å². The second kappa shape index (κ2) is 6.19. The van der Waals surface area contributed by atoms with Crippen molar-refractivity contribution in [1.82, 2.24) is 20.3 Å². The lowest BCUT2D eigenvalue weighted by Gasteiger charge is -1.91. The van der Waals surface area contributed by atoms with Gasteiger partial charge in [0.25, 0.3) is 5.89 Å². The number of hydrogen-bond acceptors (Lipinski definition) is 8. The second-order valence-electron chi connectivity index (χ2n) is 3.94. The van der Waals surface area contributed by atoms with Gasteiger partial charge in [0.05, 0.1) is 16.4 Å². The Kier molecular flexibility index (Phi) is 4.12. The molecule has 3 aromatic rings. The minimum atomic E-state index is 0.573. The van der Waals surface area contributed by atoms with E-state index in [0.29, 0.717) is 34.9 Å². The van der Waals surface area contributed by atoms with Gasteiger partial charge in [0, 0.05) is 6.42 Å². The molecule has 104 valence electrons. The maximum atomic E-state index is 5.22. The van der Waals surface area contributed by atoms with E-state index in [1.807, 2.05) is 24.4 Å². The maximum absolute atomic E-state index is 5.22. The lowest BCUT2D eigenvalue weighted by atomic mass is 10.5. The number of nitrogens with zero attached hydrogens (tertiary/aromatic N) is 4. The quantitative estimate of drug-likeness (QED) is 0.692. The van der Waals surface area contributed by atoms with E-state index >= 15 is 0 Å². The molecule has 0 unspecified atom stereocenters. The molecule has 0 aliphatic heterocycles. The van der Waals surface area contributed by atoms with Gasteiger partial charge < -0.3 is 9.05 Å². The summed E-state index contributed by atoms with van der Waals surface area (Å²) in [5.41, 5.74) is 0. The van der Waals surface area contributed by atoms with Gasteiger partial charge in [-0.15, -0.1) is 23.1 Å². The molecule has 3 aromatic heterocycles. The first-order valence-electron chi connectivity index (χ1n) is 6.11. The molecule has 0 aliphatic carbocycles. The first kappa shape index (κ1) is 13.3. The largest absolute Gasteiger partial charge is 0.339 e. The van der Waals surface area contributed by atoms with E-state index in [0.717, 1.165) is 11.3 Å². The van der Waals surface area contributed by atoms with E-state index in [1.165, 1.54) is 0 Å². The molecular weight excluding hydrogens is 296 g/mol. The molecule has 20 heavy (non-hydrogen) atoms. The van der Waals surface area contributed by atoms with Crippen LogP contribution in [0.5, 0.6) is 0 Å². The minimum Gasteiger partial charge on any atom is -0.339 e. The first-order chi connectivity index (χ1) is 9.85. The zero-order chi connectivity index (χ0) is 13.8. The molecule has 0 atom stereocenters. The second-order valence-corrected chi connectivity index (χ2v) is 5.88. The molecule has 0 saturated carbocycles. The standard InChI is InChI=1S/C12H12N4O2S2/c1-2-11-13-9(15-17-11)6-19-7-10-14-12(18-16-10)8-4-3-5-20-8/h3-5H,2,6-7H2,1H3. The van der Waals surface area contributed by atoms with Crippen molar-refractivity contribution >= 4 is 23.1 Å². The molecule has 0 amide bonds. The minimum absolute atomic E-state index is 0.573. The Morgan fingerprint density at radius 1 is 1.15 bits per heavy atom. The Balaban J connectivity index is 1.54. The van der Waals surface area contributed by atoms with E-state index in [4.69, 9.17) is 9.05 Å². The molecule has 8 heteroatoms. The van der Waals surface area contributed by atoms with Crippen molar-refractivity contribution in [3.8, 4) is 10.8 Å². The molecule has 0 aromatic carbocycles. The van der Waals surface area contributed by atoms with Crippen LogP contribution in [0.15, 0.2) is 26.6 Å². The van der Waals surface area contributed by atoms with Crippen molar-refractivity contribution in [2.75, 3.05) is 0 Å². The fraction of sp³-hybridized carbons (Fsp3) is 0.333. The zero-order valence-corrected chi connectivity index (χ0v) is 12.4. The van der Waals surface area contributed by atoms with Gasteiger partial charge in [-0.1, -0.05) is 23.3 Å². The molecule has 0 fully saturated rings.